The lowest BCUT2D eigenvalue weighted by molar-refractivity contribution is 0.470. The quantitative estimate of drug-likeness (QED) is 0.638. The number of aromatic nitrogens is 2. The molecule has 0 amide bonds. The van der Waals surface area contributed by atoms with Crippen LogP contribution in [0.15, 0.2) is 29.4 Å². The Bertz CT molecular complexity index is 603. The van der Waals surface area contributed by atoms with Gasteiger partial charge in [-0.3, -0.25) is 4.55 Å². The van der Waals surface area contributed by atoms with Crippen molar-refractivity contribution in [3.63, 3.8) is 0 Å². The van der Waals surface area contributed by atoms with Gasteiger partial charge in [-0.2, -0.15) is 12.4 Å². The van der Waals surface area contributed by atoms with Crippen LogP contribution in [0.2, 0.25) is 0 Å². The van der Waals surface area contributed by atoms with Gasteiger partial charge < -0.3 is 0 Å². The first-order chi connectivity index (χ1) is 7.04. The first-order valence-corrected chi connectivity index (χ1v) is 6.65. The molecular weight excluding hydrogens is 236 g/mol. The summed E-state index contributed by atoms with van der Waals surface area (Å²) in [5.41, 5.74) is 0.920. The van der Waals surface area contributed by atoms with Gasteiger partial charge in [-0.05, 0) is 18.4 Å². The standard InChI is InChI=1S/C8H8N2O3S2/c1-14-8-9-6-4-2-3-5-7(6)10(8)15(11,12)13/h2-5H,1H3,(H,11,12,13). The van der Waals surface area contributed by atoms with Crippen molar-refractivity contribution in [3.05, 3.63) is 24.3 Å². The zero-order valence-electron chi connectivity index (χ0n) is 7.78. The highest BCUT2D eigenvalue weighted by atomic mass is 32.2. The van der Waals surface area contributed by atoms with E-state index in [-0.39, 0.29) is 5.16 Å². The highest BCUT2D eigenvalue weighted by molar-refractivity contribution is 7.99. The molecule has 0 aliphatic carbocycles. The van der Waals surface area contributed by atoms with Crippen molar-refractivity contribution < 1.29 is 13.0 Å². The molecule has 0 bridgehead atoms. The van der Waals surface area contributed by atoms with Crippen LogP contribution in [0.3, 0.4) is 0 Å². The number of benzene rings is 1. The number of imidazole rings is 1. The second-order valence-electron chi connectivity index (χ2n) is 2.83. The molecule has 5 nitrogen and oxygen atoms in total. The van der Waals surface area contributed by atoms with Gasteiger partial charge in [-0.1, -0.05) is 23.9 Å². The number of nitrogens with zero attached hydrogens (tertiary/aromatic N) is 2. The highest BCUT2D eigenvalue weighted by Gasteiger charge is 2.18. The summed E-state index contributed by atoms with van der Waals surface area (Å²) in [6.07, 6.45) is 1.70. The molecule has 0 spiro atoms. The molecule has 2 rings (SSSR count). The van der Waals surface area contributed by atoms with Gasteiger partial charge in [0.1, 0.15) is 0 Å². The van der Waals surface area contributed by atoms with Crippen LogP contribution in [0.1, 0.15) is 0 Å². The summed E-state index contributed by atoms with van der Waals surface area (Å²) in [5, 5.41) is 0.249. The molecule has 0 radical (unpaired) electrons. The van der Waals surface area contributed by atoms with Crippen LogP contribution in [0.4, 0.5) is 0 Å². The Morgan fingerprint density at radius 2 is 2.07 bits per heavy atom. The number of rotatable bonds is 2. The monoisotopic (exact) mass is 244 g/mol. The van der Waals surface area contributed by atoms with Crippen LogP contribution in [-0.4, -0.2) is 28.2 Å². The van der Waals surface area contributed by atoms with E-state index in [1.165, 1.54) is 0 Å². The van der Waals surface area contributed by atoms with Gasteiger partial charge in [0.2, 0.25) is 0 Å². The number of para-hydroxylation sites is 2. The van der Waals surface area contributed by atoms with Crippen LogP contribution in [0.25, 0.3) is 11.0 Å². The van der Waals surface area contributed by atoms with Crippen molar-refractivity contribution in [2.24, 2.45) is 0 Å². The number of fused-ring (bicyclic) bond motifs is 1. The Morgan fingerprint density at radius 1 is 1.40 bits per heavy atom. The van der Waals surface area contributed by atoms with Crippen molar-refractivity contribution >= 4 is 33.1 Å². The number of hydrogen-bond donors (Lipinski definition) is 1. The van der Waals surface area contributed by atoms with Crippen molar-refractivity contribution in [2.75, 3.05) is 6.26 Å². The maximum Gasteiger partial charge on any atom is 0.366 e. The third-order valence-corrected chi connectivity index (χ3v) is 3.49. The van der Waals surface area contributed by atoms with Crippen molar-refractivity contribution in [2.45, 2.75) is 5.16 Å². The van der Waals surface area contributed by atoms with Crippen LogP contribution in [-0.2, 0) is 10.3 Å². The Morgan fingerprint density at radius 3 is 2.67 bits per heavy atom. The van der Waals surface area contributed by atoms with Crippen LogP contribution in [0, 0.1) is 0 Å². The van der Waals surface area contributed by atoms with Crippen molar-refractivity contribution in [1.82, 2.24) is 8.96 Å². The minimum Gasteiger partial charge on any atom is -0.269 e. The Kier molecular flexibility index (Phi) is 2.45. The molecule has 7 heteroatoms. The Balaban J connectivity index is 2.91. The molecule has 1 aromatic heterocycles. The van der Waals surface area contributed by atoms with E-state index in [1.54, 1.807) is 30.5 Å². The zero-order chi connectivity index (χ0) is 11.1. The van der Waals surface area contributed by atoms with Gasteiger partial charge >= 0.3 is 10.3 Å². The summed E-state index contributed by atoms with van der Waals surface area (Å²) < 4.78 is 32.2. The maximum absolute atomic E-state index is 11.2. The first kappa shape index (κ1) is 10.5. The molecule has 1 N–H and O–H groups in total. The molecular formula is C8H8N2O3S2. The predicted molar refractivity (Wildman–Crippen MR) is 58.5 cm³/mol. The van der Waals surface area contributed by atoms with Crippen LogP contribution in [0.5, 0.6) is 0 Å². The van der Waals surface area contributed by atoms with E-state index in [4.69, 9.17) is 4.55 Å². The Hall–Kier alpha value is -1.05. The molecule has 0 saturated carbocycles. The summed E-state index contributed by atoms with van der Waals surface area (Å²) in [6, 6.07) is 6.73. The van der Waals surface area contributed by atoms with Crippen molar-refractivity contribution in [3.8, 4) is 0 Å². The van der Waals surface area contributed by atoms with E-state index < -0.39 is 10.3 Å². The summed E-state index contributed by atoms with van der Waals surface area (Å²) in [5.74, 6) is 0. The smallest absolute Gasteiger partial charge is 0.269 e. The molecule has 0 atom stereocenters. The SMILES string of the molecule is CSc1nc2ccccc2n1S(=O)(=O)O. The largest absolute Gasteiger partial charge is 0.366 e. The van der Waals surface area contributed by atoms with E-state index in [1.807, 2.05) is 0 Å². The molecule has 80 valence electrons. The second-order valence-corrected chi connectivity index (χ2v) is 4.86. The highest BCUT2D eigenvalue weighted by Crippen LogP contribution is 2.23. The summed E-state index contributed by atoms with van der Waals surface area (Å²) in [7, 11) is -4.30. The number of hydrogen-bond acceptors (Lipinski definition) is 4. The lowest BCUT2D eigenvalue weighted by Crippen LogP contribution is -2.11. The molecule has 1 aromatic carbocycles. The molecule has 0 unspecified atom stereocenters. The fourth-order valence-electron chi connectivity index (χ4n) is 1.33. The van der Waals surface area contributed by atoms with Gasteiger partial charge in [0, 0.05) is 0 Å². The van der Waals surface area contributed by atoms with Gasteiger partial charge in [0.25, 0.3) is 0 Å². The third-order valence-electron chi connectivity index (χ3n) is 1.90. The summed E-state index contributed by atoms with van der Waals surface area (Å²) in [6.45, 7) is 0. The molecule has 2 aromatic rings. The molecule has 1 heterocycles. The molecule has 15 heavy (non-hydrogen) atoms. The first-order valence-electron chi connectivity index (χ1n) is 4.03. The second kappa shape index (κ2) is 3.51. The fourth-order valence-corrected chi connectivity index (χ4v) is 2.93. The lowest BCUT2D eigenvalue weighted by atomic mass is 10.3. The van der Waals surface area contributed by atoms with Crippen LogP contribution < -0.4 is 0 Å². The molecule has 0 saturated heterocycles. The summed E-state index contributed by atoms with van der Waals surface area (Å²) in [4.78, 5) is 4.08. The minimum absolute atomic E-state index is 0.249. The maximum atomic E-state index is 11.2. The minimum atomic E-state index is -4.30. The van der Waals surface area contributed by atoms with Crippen molar-refractivity contribution in [1.29, 1.82) is 0 Å². The van der Waals surface area contributed by atoms with Gasteiger partial charge in [-0.25, -0.2) is 4.98 Å². The number of thioether (sulfide) groups is 1. The van der Waals surface area contributed by atoms with Gasteiger partial charge in [0.05, 0.1) is 11.0 Å². The van der Waals surface area contributed by atoms with E-state index in [9.17, 15) is 8.42 Å². The fraction of sp³-hybridized carbons (Fsp3) is 0.125. The lowest BCUT2D eigenvalue weighted by Gasteiger charge is -2.01. The van der Waals surface area contributed by atoms with E-state index in [0.717, 1.165) is 15.7 Å². The van der Waals surface area contributed by atoms with E-state index in [0.29, 0.717) is 11.0 Å². The normalized spacial score (nSPS) is 12.1. The zero-order valence-corrected chi connectivity index (χ0v) is 9.42. The summed E-state index contributed by atoms with van der Waals surface area (Å²) >= 11 is 1.16. The molecule has 0 fully saturated rings. The van der Waals surface area contributed by atoms with Gasteiger partial charge in [-0.15, -0.1) is 0 Å². The van der Waals surface area contributed by atoms with Crippen LogP contribution >= 0.6 is 11.8 Å². The molecule has 0 aliphatic rings. The molecule has 0 aliphatic heterocycles. The predicted octanol–water partition coefficient (Wildman–Crippen LogP) is 1.41. The van der Waals surface area contributed by atoms with E-state index >= 15 is 0 Å². The van der Waals surface area contributed by atoms with E-state index in [2.05, 4.69) is 4.98 Å². The topological polar surface area (TPSA) is 72.2 Å². The van der Waals surface area contributed by atoms with Gasteiger partial charge in [0.15, 0.2) is 5.16 Å². The average molecular weight is 244 g/mol. The Labute approximate surface area is 91.0 Å². The third kappa shape index (κ3) is 1.73. The average Bonchev–Trinajstić information content (AvgIpc) is 2.54.